The lowest BCUT2D eigenvalue weighted by Crippen LogP contribution is -2.31. The van der Waals surface area contributed by atoms with Crippen molar-refractivity contribution in [2.75, 3.05) is 40.3 Å². The van der Waals surface area contributed by atoms with Crippen LogP contribution < -0.4 is 5.32 Å². The number of benzene rings is 2. The highest BCUT2D eigenvalue weighted by molar-refractivity contribution is 7.89. The highest BCUT2D eigenvalue weighted by Crippen LogP contribution is 2.18. The lowest BCUT2D eigenvalue weighted by molar-refractivity contribution is -0.192. The third-order valence-corrected chi connectivity index (χ3v) is 7.62. The number of carboxylic acid groups (broad SMARTS) is 1. The van der Waals surface area contributed by atoms with Gasteiger partial charge in [-0.15, -0.1) is 0 Å². The fourth-order valence-electron chi connectivity index (χ4n) is 3.42. The van der Waals surface area contributed by atoms with E-state index in [0.717, 1.165) is 46.5 Å². The molecule has 0 aliphatic carbocycles. The third kappa shape index (κ3) is 9.55. The predicted octanol–water partition coefficient (Wildman–Crippen LogP) is 3.05. The molecule has 1 heterocycles. The Labute approximate surface area is 228 Å². The summed E-state index contributed by atoms with van der Waals surface area (Å²) in [6.45, 7) is 2.27. The summed E-state index contributed by atoms with van der Waals surface area (Å²) < 4.78 is 84.2. The van der Waals surface area contributed by atoms with Crippen LogP contribution in [0.1, 0.15) is 24.0 Å². The van der Waals surface area contributed by atoms with Crippen molar-refractivity contribution in [3.8, 4) is 0 Å². The fraction of sp³-hybridized carbons (Fsp3) is 0.400. The van der Waals surface area contributed by atoms with Crippen LogP contribution in [-0.2, 0) is 26.0 Å². The molecule has 0 spiro atoms. The highest BCUT2D eigenvalue weighted by Gasteiger charge is 2.38. The second-order valence-corrected chi connectivity index (χ2v) is 10.8. The number of likely N-dealkylation sites (N-methyl/N-ethyl adjacent to an activating group) is 1. The molecule has 0 bridgehead atoms. The largest absolute Gasteiger partial charge is 0.490 e. The molecule has 3 rings (SSSR count). The Morgan fingerprint density at radius 1 is 1.02 bits per heavy atom. The SMILES string of the molecule is CN(CCc1ccc(C2=NCCN2)cc1)C(=O)CCCN(C)S(=O)(=O)c1ccc(F)c(F)c1.O=C(O)C(F)(F)F. The number of nitrogens with zero attached hydrogens (tertiary/aromatic N) is 3. The molecule has 1 aliphatic heterocycles. The molecule has 2 aromatic carbocycles. The molecule has 9 nitrogen and oxygen atoms in total. The number of hydrogen-bond donors (Lipinski definition) is 2. The van der Waals surface area contributed by atoms with Gasteiger partial charge in [0.2, 0.25) is 15.9 Å². The van der Waals surface area contributed by atoms with E-state index in [1.54, 1.807) is 11.9 Å². The number of hydrogen-bond acceptors (Lipinski definition) is 6. The Balaban J connectivity index is 0.000000708. The Bertz CT molecular complexity index is 1320. The maximum absolute atomic E-state index is 13.4. The quantitative estimate of drug-likeness (QED) is 0.410. The number of carbonyl (C=O) groups is 2. The summed E-state index contributed by atoms with van der Waals surface area (Å²) >= 11 is 0. The van der Waals surface area contributed by atoms with Gasteiger partial charge in [-0.25, -0.2) is 26.3 Å². The summed E-state index contributed by atoms with van der Waals surface area (Å²) in [5.41, 5.74) is 2.15. The molecule has 40 heavy (non-hydrogen) atoms. The van der Waals surface area contributed by atoms with Gasteiger partial charge >= 0.3 is 12.1 Å². The minimum Gasteiger partial charge on any atom is -0.475 e. The molecule has 0 saturated heterocycles. The van der Waals surface area contributed by atoms with Crippen molar-refractivity contribution in [2.45, 2.75) is 30.3 Å². The molecule has 0 radical (unpaired) electrons. The number of aliphatic carboxylic acids is 1. The number of carbonyl (C=O) groups excluding carboxylic acids is 1. The normalized spacial score (nSPS) is 13.2. The van der Waals surface area contributed by atoms with Gasteiger partial charge in [0.05, 0.1) is 11.4 Å². The zero-order valence-corrected chi connectivity index (χ0v) is 22.5. The third-order valence-electron chi connectivity index (χ3n) is 5.77. The standard InChI is InChI=1S/C23H28F2N4O3S.C2HF3O2/c1-28(15-11-17-5-7-18(8-6-17)23-26-12-13-27-23)22(30)4-3-14-29(2)33(31,32)19-9-10-20(24)21(25)16-19;3-2(4,5)1(6)7/h5-10,16H,3-4,11-15H2,1-2H3,(H,26,27);(H,6,7). The van der Waals surface area contributed by atoms with E-state index >= 15 is 0 Å². The molecule has 2 aromatic rings. The molecule has 0 fully saturated rings. The second-order valence-electron chi connectivity index (χ2n) is 8.73. The Hall–Kier alpha value is -3.59. The number of carboxylic acids is 1. The van der Waals surface area contributed by atoms with Gasteiger partial charge in [-0.2, -0.15) is 13.2 Å². The van der Waals surface area contributed by atoms with Crippen molar-refractivity contribution in [1.82, 2.24) is 14.5 Å². The first-order valence-corrected chi connectivity index (χ1v) is 13.4. The molecule has 0 atom stereocenters. The van der Waals surface area contributed by atoms with Gasteiger partial charge in [-0.3, -0.25) is 9.79 Å². The molecule has 15 heteroatoms. The minimum absolute atomic E-state index is 0.0836. The number of aliphatic imine (C=N–C) groups is 1. The average Bonchev–Trinajstić information content (AvgIpc) is 3.44. The van der Waals surface area contributed by atoms with Crippen LogP contribution in [0.15, 0.2) is 52.4 Å². The van der Waals surface area contributed by atoms with Gasteiger partial charge in [0.1, 0.15) is 5.84 Å². The minimum atomic E-state index is -5.08. The lowest BCUT2D eigenvalue weighted by Gasteiger charge is -2.20. The van der Waals surface area contributed by atoms with Gasteiger partial charge in [-0.1, -0.05) is 24.3 Å². The summed E-state index contributed by atoms with van der Waals surface area (Å²) in [5.74, 6) is -4.27. The van der Waals surface area contributed by atoms with E-state index in [9.17, 15) is 35.2 Å². The lowest BCUT2D eigenvalue weighted by atomic mass is 10.1. The second kappa shape index (κ2) is 14.2. The smallest absolute Gasteiger partial charge is 0.475 e. The maximum Gasteiger partial charge on any atom is 0.490 e. The molecular formula is C25H29F5N4O5S. The number of alkyl halides is 3. The predicted molar refractivity (Wildman–Crippen MR) is 136 cm³/mol. The zero-order valence-electron chi connectivity index (χ0n) is 21.7. The summed E-state index contributed by atoms with van der Waals surface area (Å²) in [7, 11) is -0.897. The Morgan fingerprint density at radius 3 is 2.17 bits per heavy atom. The molecule has 220 valence electrons. The number of amidine groups is 1. The number of amides is 1. The number of rotatable bonds is 10. The van der Waals surface area contributed by atoms with Gasteiger partial charge < -0.3 is 15.3 Å². The Morgan fingerprint density at radius 2 is 1.65 bits per heavy atom. The van der Waals surface area contributed by atoms with E-state index in [1.807, 2.05) is 24.3 Å². The molecule has 1 amide bonds. The van der Waals surface area contributed by atoms with E-state index in [4.69, 9.17) is 9.90 Å². The summed E-state index contributed by atoms with van der Waals surface area (Å²) in [6.07, 6.45) is -3.89. The van der Waals surface area contributed by atoms with E-state index < -0.39 is 33.8 Å². The monoisotopic (exact) mass is 592 g/mol. The van der Waals surface area contributed by atoms with Crippen LogP contribution >= 0.6 is 0 Å². The van der Waals surface area contributed by atoms with Crippen molar-refractivity contribution in [2.24, 2.45) is 4.99 Å². The van der Waals surface area contributed by atoms with Gasteiger partial charge in [-0.05, 0) is 36.6 Å². The number of nitrogens with one attached hydrogen (secondary N) is 1. The van der Waals surface area contributed by atoms with Gasteiger partial charge in [0, 0.05) is 45.7 Å². The number of halogens is 5. The van der Waals surface area contributed by atoms with Crippen LogP contribution in [0.2, 0.25) is 0 Å². The topological polar surface area (TPSA) is 119 Å². The van der Waals surface area contributed by atoms with Crippen molar-refractivity contribution >= 4 is 27.7 Å². The van der Waals surface area contributed by atoms with E-state index in [-0.39, 0.29) is 23.8 Å². The molecular weight excluding hydrogens is 563 g/mol. The van der Waals surface area contributed by atoms with E-state index in [1.165, 1.54) is 7.05 Å². The molecule has 0 saturated carbocycles. The first-order chi connectivity index (χ1) is 18.6. The van der Waals surface area contributed by atoms with Crippen LogP contribution in [-0.4, -0.2) is 86.9 Å². The zero-order chi connectivity index (χ0) is 30.1. The van der Waals surface area contributed by atoms with Crippen LogP contribution in [0, 0.1) is 11.6 Å². The molecule has 0 aromatic heterocycles. The molecule has 1 aliphatic rings. The fourth-order valence-corrected chi connectivity index (χ4v) is 4.65. The van der Waals surface area contributed by atoms with Crippen molar-refractivity contribution in [1.29, 1.82) is 0 Å². The first-order valence-electron chi connectivity index (χ1n) is 12.0. The van der Waals surface area contributed by atoms with Crippen LogP contribution in [0.25, 0.3) is 0 Å². The van der Waals surface area contributed by atoms with E-state index in [2.05, 4.69) is 10.3 Å². The highest BCUT2D eigenvalue weighted by atomic mass is 32.2. The van der Waals surface area contributed by atoms with Gasteiger partial charge in [0.15, 0.2) is 11.6 Å². The van der Waals surface area contributed by atoms with E-state index in [0.29, 0.717) is 25.5 Å². The molecule has 2 N–H and O–H groups in total. The summed E-state index contributed by atoms with van der Waals surface area (Å²) in [5, 5.41) is 10.4. The molecule has 0 unspecified atom stereocenters. The maximum atomic E-state index is 13.4. The van der Waals surface area contributed by atoms with Crippen LogP contribution in [0.3, 0.4) is 0 Å². The van der Waals surface area contributed by atoms with Crippen molar-refractivity contribution in [3.63, 3.8) is 0 Å². The summed E-state index contributed by atoms with van der Waals surface area (Å²) in [6, 6.07) is 10.5. The van der Waals surface area contributed by atoms with Crippen LogP contribution in [0.5, 0.6) is 0 Å². The average molecular weight is 593 g/mol. The summed E-state index contributed by atoms with van der Waals surface area (Å²) in [4.78, 5) is 27.0. The van der Waals surface area contributed by atoms with Gasteiger partial charge in [0.25, 0.3) is 0 Å². The van der Waals surface area contributed by atoms with Crippen molar-refractivity contribution < 1.29 is 45.1 Å². The Kier molecular flexibility index (Phi) is 11.5. The van der Waals surface area contributed by atoms with Crippen molar-refractivity contribution in [3.05, 3.63) is 65.2 Å². The number of sulfonamides is 1. The van der Waals surface area contributed by atoms with Crippen LogP contribution in [0.4, 0.5) is 22.0 Å². The first kappa shape index (κ1) is 32.6.